The first-order valence-electron chi connectivity index (χ1n) is 8.37. The van der Waals surface area contributed by atoms with Gasteiger partial charge in [-0.25, -0.2) is 4.98 Å². The van der Waals surface area contributed by atoms with Crippen molar-refractivity contribution in [2.45, 2.75) is 26.2 Å². The van der Waals surface area contributed by atoms with Gasteiger partial charge in [-0.2, -0.15) is 0 Å². The number of para-hydroxylation sites is 1. The highest BCUT2D eigenvalue weighted by Gasteiger charge is 2.21. The zero-order valence-corrected chi connectivity index (χ0v) is 15.2. The number of fused-ring (bicyclic) bond motifs is 1. The van der Waals surface area contributed by atoms with E-state index in [9.17, 15) is 14.9 Å². The fraction of sp³-hybridized carbons (Fsp3) is 0.200. The van der Waals surface area contributed by atoms with E-state index < -0.39 is 10.8 Å². The summed E-state index contributed by atoms with van der Waals surface area (Å²) in [7, 11) is 0. The minimum Gasteiger partial charge on any atom is -0.440 e. The zero-order valence-electron chi connectivity index (χ0n) is 15.2. The van der Waals surface area contributed by atoms with Gasteiger partial charge in [-0.15, -0.1) is 0 Å². The molecule has 0 unspecified atom stereocenters. The summed E-state index contributed by atoms with van der Waals surface area (Å²) < 4.78 is 5.73. The SMILES string of the molecule is CC(C)(C)c1nc2cc(NC(=O)/C=C/c3ccccc3[N+](=O)[O-])ccc2o1. The van der Waals surface area contributed by atoms with Gasteiger partial charge >= 0.3 is 0 Å². The van der Waals surface area contributed by atoms with Crippen molar-refractivity contribution in [1.82, 2.24) is 4.98 Å². The van der Waals surface area contributed by atoms with Crippen molar-refractivity contribution in [2.75, 3.05) is 5.32 Å². The second-order valence-electron chi connectivity index (χ2n) is 7.09. The molecule has 1 N–H and O–H groups in total. The van der Waals surface area contributed by atoms with Crippen LogP contribution in [0.25, 0.3) is 17.2 Å². The standard InChI is InChI=1S/C20H19N3O4/c1-20(2,3)19-22-15-12-14(9-10-17(15)27-19)21-18(24)11-8-13-6-4-5-7-16(13)23(25)26/h4-12H,1-3H3,(H,21,24)/b11-8+. The molecule has 1 heterocycles. The third kappa shape index (κ3) is 4.20. The van der Waals surface area contributed by atoms with Gasteiger partial charge in [0.15, 0.2) is 5.58 Å². The molecule has 3 aromatic rings. The number of aromatic nitrogens is 1. The third-order valence-electron chi connectivity index (χ3n) is 3.84. The predicted octanol–water partition coefficient (Wildman–Crippen LogP) is 4.69. The molecule has 0 aliphatic carbocycles. The summed E-state index contributed by atoms with van der Waals surface area (Å²) in [5.41, 5.74) is 1.96. The summed E-state index contributed by atoms with van der Waals surface area (Å²) in [5, 5.41) is 13.7. The van der Waals surface area contributed by atoms with Gasteiger partial charge in [0.1, 0.15) is 5.52 Å². The fourth-order valence-electron chi connectivity index (χ4n) is 2.47. The van der Waals surface area contributed by atoms with Crippen LogP contribution in [0.15, 0.2) is 53.0 Å². The Morgan fingerprint density at radius 3 is 2.67 bits per heavy atom. The van der Waals surface area contributed by atoms with E-state index in [0.29, 0.717) is 28.2 Å². The second kappa shape index (κ2) is 7.03. The Morgan fingerprint density at radius 1 is 1.22 bits per heavy atom. The molecule has 0 bridgehead atoms. The molecule has 0 radical (unpaired) electrons. The van der Waals surface area contributed by atoms with E-state index in [1.54, 1.807) is 36.4 Å². The van der Waals surface area contributed by atoms with Crippen molar-refractivity contribution in [3.63, 3.8) is 0 Å². The van der Waals surface area contributed by atoms with Crippen LogP contribution < -0.4 is 5.32 Å². The summed E-state index contributed by atoms with van der Waals surface area (Å²) in [6.07, 6.45) is 2.68. The van der Waals surface area contributed by atoms with Crippen molar-refractivity contribution in [3.05, 3.63) is 70.1 Å². The van der Waals surface area contributed by atoms with E-state index in [1.807, 2.05) is 20.8 Å². The quantitative estimate of drug-likeness (QED) is 0.411. The van der Waals surface area contributed by atoms with E-state index in [0.717, 1.165) is 0 Å². The average molecular weight is 365 g/mol. The lowest BCUT2D eigenvalue weighted by Crippen LogP contribution is -2.11. The summed E-state index contributed by atoms with van der Waals surface area (Å²) in [6.45, 7) is 6.02. The number of nitrogens with zero attached hydrogens (tertiary/aromatic N) is 2. The topological polar surface area (TPSA) is 98.3 Å². The van der Waals surface area contributed by atoms with Crippen molar-refractivity contribution in [3.8, 4) is 0 Å². The summed E-state index contributed by atoms with van der Waals surface area (Å²) in [6, 6.07) is 11.4. The number of hydrogen-bond donors (Lipinski definition) is 1. The summed E-state index contributed by atoms with van der Waals surface area (Å²) >= 11 is 0. The molecule has 3 rings (SSSR count). The number of anilines is 1. The van der Waals surface area contributed by atoms with Crippen molar-refractivity contribution in [1.29, 1.82) is 0 Å². The molecule has 0 spiro atoms. The van der Waals surface area contributed by atoms with Gasteiger partial charge in [0.2, 0.25) is 11.8 Å². The first kappa shape index (κ1) is 18.3. The molecule has 0 fully saturated rings. The average Bonchev–Trinajstić information content (AvgIpc) is 3.04. The molecule has 2 aromatic carbocycles. The molecule has 0 aliphatic heterocycles. The highest BCUT2D eigenvalue weighted by molar-refractivity contribution is 6.02. The number of carbonyl (C=O) groups excluding carboxylic acids is 1. The largest absolute Gasteiger partial charge is 0.440 e. The molecular weight excluding hydrogens is 346 g/mol. The maximum atomic E-state index is 12.2. The maximum absolute atomic E-state index is 12.2. The molecule has 1 amide bonds. The van der Waals surface area contributed by atoms with Gasteiger partial charge in [0.25, 0.3) is 5.69 Å². The molecule has 0 saturated heterocycles. The van der Waals surface area contributed by atoms with E-state index in [1.165, 1.54) is 18.2 Å². The highest BCUT2D eigenvalue weighted by Crippen LogP contribution is 2.27. The minimum absolute atomic E-state index is 0.0553. The molecule has 0 saturated carbocycles. The highest BCUT2D eigenvalue weighted by atomic mass is 16.6. The second-order valence-corrected chi connectivity index (χ2v) is 7.09. The van der Waals surface area contributed by atoms with Gasteiger partial charge in [0, 0.05) is 23.2 Å². The first-order valence-corrected chi connectivity index (χ1v) is 8.37. The number of oxazole rings is 1. The molecule has 7 heteroatoms. The third-order valence-corrected chi connectivity index (χ3v) is 3.84. The van der Waals surface area contributed by atoms with Crippen LogP contribution in [0.1, 0.15) is 32.2 Å². The molecule has 0 aliphatic rings. The Balaban J connectivity index is 1.77. The van der Waals surface area contributed by atoms with Gasteiger partial charge in [-0.05, 0) is 30.3 Å². The van der Waals surface area contributed by atoms with Gasteiger partial charge in [-0.1, -0.05) is 32.9 Å². The van der Waals surface area contributed by atoms with Crippen molar-refractivity contribution in [2.24, 2.45) is 0 Å². The van der Waals surface area contributed by atoms with Crippen LogP contribution in [-0.2, 0) is 10.2 Å². The minimum atomic E-state index is -0.483. The molecule has 0 atom stereocenters. The lowest BCUT2D eigenvalue weighted by atomic mass is 9.97. The monoisotopic (exact) mass is 365 g/mol. The Labute approximate surface area is 155 Å². The normalized spacial score (nSPS) is 11.8. The van der Waals surface area contributed by atoms with Gasteiger partial charge in [-0.3, -0.25) is 14.9 Å². The fourth-order valence-corrected chi connectivity index (χ4v) is 2.47. The molecule has 27 heavy (non-hydrogen) atoms. The lowest BCUT2D eigenvalue weighted by molar-refractivity contribution is -0.385. The van der Waals surface area contributed by atoms with E-state index >= 15 is 0 Å². The van der Waals surface area contributed by atoms with E-state index in [-0.39, 0.29) is 11.1 Å². The van der Waals surface area contributed by atoms with Crippen LogP contribution in [0.2, 0.25) is 0 Å². The van der Waals surface area contributed by atoms with Crippen LogP contribution in [0, 0.1) is 10.1 Å². The van der Waals surface area contributed by atoms with E-state index in [2.05, 4.69) is 10.3 Å². The van der Waals surface area contributed by atoms with Crippen LogP contribution >= 0.6 is 0 Å². The predicted molar refractivity (Wildman–Crippen MR) is 103 cm³/mol. The first-order chi connectivity index (χ1) is 12.7. The van der Waals surface area contributed by atoms with Crippen LogP contribution in [0.5, 0.6) is 0 Å². The molecule has 7 nitrogen and oxygen atoms in total. The zero-order chi connectivity index (χ0) is 19.6. The Hall–Kier alpha value is -3.48. The van der Waals surface area contributed by atoms with Gasteiger partial charge < -0.3 is 9.73 Å². The van der Waals surface area contributed by atoms with E-state index in [4.69, 9.17) is 4.42 Å². The molecular formula is C20H19N3O4. The maximum Gasteiger partial charge on any atom is 0.276 e. The van der Waals surface area contributed by atoms with Crippen molar-refractivity contribution < 1.29 is 14.1 Å². The van der Waals surface area contributed by atoms with Gasteiger partial charge in [0.05, 0.1) is 10.5 Å². The Bertz CT molecular complexity index is 1040. The number of hydrogen-bond acceptors (Lipinski definition) is 5. The number of nitrogens with one attached hydrogen (secondary N) is 1. The smallest absolute Gasteiger partial charge is 0.276 e. The number of nitro groups is 1. The Kier molecular flexibility index (Phi) is 4.77. The summed E-state index contributed by atoms with van der Waals surface area (Å²) in [4.78, 5) is 27.1. The van der Waals surface area contributed by atoms with Crippen LogP contribution in [-0.4, -0.2) is 15.8 Å². The number of amides is 1. The van der Waals surface area contributed by atoms with Crippen LogP contribution in [0.3, 0.4) is 0 Å². The number of benzene rings is 2. The number of carbonyl (C=O) groups is 1. The number of nitro benzene ring substituents is 1. The van der Waals surface area contributed by atoms with Crippen molar-refractivity contribution >= 4 is 34.5 Å². The molecule has 1 aromatic heterocycles. The summed E-state index contributed by atoms with van der Waals surface area (Å²) in [5.74, 6) is 0.226. The lowest BCUT2D eigenvalue weighted by Gasteiger charge is -2.11. The van der Waals surface area contributed by atoms with Crippen LogP contribution in [0.4, 0.5) is 11.4 Å². The Morgan fingerprint density at radius 2 is 1.96 bits per heavy atom. The number of rotatable bonds is 4. The molecule has 138 valence electrons.